The molecule has 3 rings (SSSR count). The predicted octanol–water partition coefficient (Wildman–Crippen LogP) is 4.09. The van der Waals surface area contributed by atoms with Crippen molar-refractivity contribution in [2.24, 2.45) is 0 Å². The standard InChI is InChI=1S/C15H13BrN2O.ClH/c16-13-4-2-1-3-12(13)15(19)18-11-5-6-14-10(9-11)7-8-17-14;/h1-6,9,17H,7-8H2,(H,18,19);1H. The number of fused-ring (bicyclic) bond motifs is 1. The summed E-state index contributed by atoms with van der Waals surface area (Å²) >= 11 is 3.39. The quantitative estimate of drug-likeness (QED) is 0.854. The van der Waals surface area contributed by atoms with Crippen molar-refractivity contribution in [2.75, 3.05) is 17.2 Å². The van der Waals surface area contributed by atoms with Crippen LogP contribution >= 0.6 is 28.3 Å². The first-order valence-electron chi connectivity index (χ1n) is 6.17. The van der Waals surface area contributed by atoms with Gasteiger partial charge in [-0.2, -0.15) is 0 Å². The van der Waals surface area contributed by atoms with Gasteiger partial charge in [0.05, 0.1) is 5.56 Å². The predicted molar refractivity (Wildman–Crippen MR) is 88.0 cm³/mol. The van der Waals surface area contributed by atoms with Crippen molar-refractivity contribution in [2.45, 2.75) is 6.42 Å². The molecule has 0 fully saturated rings. The van der Waals surface area contributed by atoms with Gasteiger partial charge in [0.25, 0.3) is 5.91 Å². The van der Waals surface area contributed by atoms with Crippen LogP contribution in [0.2, 0.25) is 0 Å². The third kappa shape index (κ3) is 2.97. The molecule has 20 heavy (non-hydrogen) atoms. The number of anilines is 2. The number of nitrogens with one attached hydrogen (secondary N) is 2. The summed E-state index contributed by atoms with van der Waals surface area (Å²) in [6.07, 6.45) is 1.01. The van der Waals surface area contributed by atoms with Crippen LogP contribution in [-0.4, -0.2) is 12.5 Å². The second kappa shape index (κ2) is 6.29. The van der Waals surface area contributed by atoms with Gasteiger partial charge in [-0.1, -0.05) is 12.1 Å². The van der Waals surface area contributed by atoms with Gasteiger partial charge in [0.2, 0.25) is 0 Å². The minimum Gasteiger partial charge on any atom is -0.384 e. The molecule has 1 aliphatic heterocycles. The number of halogens is 2. The van der Waals surface area contributed by atoms with Crippen LogP contribution in [-0.2, 0) is 6.42 Å². The van der Waals surface area contributed by atoms with Gasteiger partial charge in [0, 0.05) is 22.4 Å². The van der Waals surface area contributed by atoms with Gasteiger partial charge in [0.15, 0.2) is 0 Å². The Morgan fingerprint density at radius 1 is 1.20 bits per heavy atom. The molecule has 0 unspecified atom stereocenters. The molecule has 104 valence electrons. The molecule has 2 aromatic carbocycles. The summed E-state index contributed by atoms with van der Waals surface area (Å²) in [7, 11) is 0. The average Bonchev–Trinajstić information content (AvgIpc) is 2.86. The summed E-state index contributed by atoms with van der Waals surface area (Å²) < 4.78 is 0.801. The first-order chi connectivity index (χ1) is 9.24. The van der Waals surface area contributed by atoms with Gasteiger partial charge in [-0.3, -0.25) is 4.79 Å². The van der Waals surface area contributed by atoms with E-state index < -0.39 is 0 Å². The second-order valence-corrected chi connectivity index (χ2v) is 5.34. The molecule has 1 aliphatic rings. The maximum absolute atomic E-state index is 12.2. The van der Waals surface area contributed by atoms with E-state index in [1.807, 2.05) is 36.4 Å². The van der Waals surface area contributed by atoms with E-state index in [9.17, 15) is 4.79 Å². The fourth-order valence-electron chi connectivity index (χ4n) is 2.23. The van der Waals surface area contributed by atoms with Gasteiger partial charge < -0.3 is 10.6 Å². The fourth-order valence-corrected chi connectivity index (χ4v) is 2.69. The Hall–Kier alpha value is -1.52. The molecule has 0 radical (unpaired) electrons. The van der Waals surface area contributed by atoms with Gasteiger partial charge >= 0.3 is 0 Å². The molecule has 0 saturated heterocycles. The molecular weight excluding hydrogens is 340 g/mol. The second-order valence-electron chi connectivity index (χ2n) is 4.48. The number of carbonyl (C=O) groups is 1. The molecule has 2 aromatic rings. The Morgan fingerprint density at radius 2 is 2.00 bits per heavy atom. The zero-order valence-electron chi connectivity index (χ0n) is 10.7. The highest BCUT2D eigenvalue weighted by Crippen LogP contribution is 2.26. The SMILES string of the molecule is Cl.O=C(Nc1ccc2c(c1)CCN2)c1ccccc1Br. The maximum atomic E-state index is 12.2. The lowest BCUT2D eigenvalue weighted by Gasteiger charge is -2.08. The molecule has 2 N–H and O–H groups in total. The van der Waals surface area contributed by atoms with Crippen molar-refractivity contribution in [3.8, 4) is 0 Å². The van der Waals surface area contributed by atoms with Crippen LogP contribution in [0.5, 0.6) is 0 Å². The van der Waals surface area contributed by atoms with E-state index in [1.165, 1.54) is 11.3 Å². The largest absolute Gasteiger partial charge is 0.384 e. The number of hydrogen-bond acceptors (Lipinski definition) is 2. The molecule has 0 aromatic heterocycles. The molecule has 5 heteroatoms. The molecule has 3 nitrogen and oxygen atoms in total. The normalized spacial score (nSPS) is 12.1. The summed E-state index contributed by atoms with van der Waals surface area (Å²) in [5.74, 6) is -0.0987. The van der Waals surface area contributed by atoms with Crippen molar-refractivity contribution in [1.82, 2.24) is 0 Å². The number of benzene rings is 2. The zero-order chi connectivity index (χ0) is 13.2. The average molecular weight is 354 g/mol. The molecule has 0 atom stereocenters. The van der Waals surface area contributed by atoms with Gasteiger partial charge in [-0.25, -0.2) is 0 Å². The highest BCUT2D eigenvalue weighted by Gasteiger charge is 2.13. The fraction of sp³-hybridized carbons (Fsp3) is 0.133. The van der Waals surface area contributed by atoms with Crippen LogP contribution in [0.15, 0.2) is 46.9 Å². The van der Waals surface area contributed by atoms with E-state index in [1.54, 1.807) is 6.07 Å². The minimum atomic E-state index is -0.0987. The van der Waals surface area contributed by atoms with Crippen molar-refractivity contribution in [1.29, 1.82) is 0 Å². The molecule has 0 aliphatic carbocycles. The van der Waals surface area contributed by atoms with E-state index in [-0.39, 0.29) is 18.3 Å². The molecule has 0 spiro atoms. The molecule has 1 heterocycles. The summed E-state index contributed by atoms with van der Waals surface area (Å²) in [6.45, 7) is 0.969. The summed E-state index contributed by atoms with van der Waals surface area (Å²) in [6, 6.07) is 13.4. The van der Waals surface area contributed by atoms with Crippen LogP contribution in [0.3, 0.4) is 0 Å². The topological polar surface area (TPSA) is 41.1 Å². The highest BCUT2D eigenvalue weighted by atomic mass is 79.9. The lowest BCUT2D eigenvalue weighted by molar-refractivity contribution is 0.102. The Labute approximate surface area is 132 Å². The van der Waals surface area contributed by atoms with Crippen LogP contribution in [0.25, 0.3) is 0 Å². The Balaban J connectivity index is 0.00000147. The molecule has 0 bridgehead atoms. The van der Waals surface area contributed by atoms with Crippen molar-refractivity contribution < 1.29 is 4.79 Å². The van der Waals surface area contributed by atoms with Crippen molar-refractivity contribution in [3.63, 3.8) is 0 Å². The third-order valence-corrected chi connectivity index (χ3v) is 3.88. The van der Waals surface area contributed by atoms with Crippen molar-refractivity contribution >= 4 is 45.6 Å². The molecule has 0 saturated carbocycles. The number of rotatable bonds is 2. The lowest BCUT2D eigenvalue weighted by Crippen LogP contribution is -2.12. The van der Waals surface area contributed by atoms with Crippen LogP contribution in [0.1, 0.15) is 15.9 Å². The Morgan fingerprint density at radius 3 is 2.80 bits per heavy atom. The maximum Gasteiger partial charge on any atom is 0.256 e. The van der Waals surface area contributed by atoms with Gasteiger partial charge in [-0.05, 0) is 58.2 Å². The summed E-state index contributed by atoms with van der Waals surface area (Å²) in [5.41, 5.74) is 3.90. The van der Waals surface area contributed by atoms with E-state index in [2.05, 4.69) is 26.6 Å². The Kier molecular flexibility index (Phi) is 4.68. The Bertz CT molecular complexity index is 646. The van der Waals surface area contributed by atoms with Crippen molar-refractivity contribution in [3.05, 3.63) is 58.1 Å². The first-order valence-corrected chi connectivity index (χ1v) is 6.96. The summed E-state index contributed by atoms with van der Waals surface area (Å²) in [4.78, 5) is 12.2. The smallest absolute Gasteiger partial charge is 0.256 e. The number of carbonyl (C=O) groups excluding carboxylic acids is 1. The van der Waals surface area contributed by atoms with E-state index in [0.717, 1.165) is 23.1 Å². The highest BCUT2D eigenvalue weighted by molar-refractivity contribution is 9.10. The van der Waals surface area contributed by atoms with E-state index >= 15 is 0 Å². The van der Waals surface area contributed by atoms with Gasteiger partial charge in [0.1, 0.15) is 0 Å². The van der Waals surface area contributed by atoms with E-state index in [0.29, 0.717) is 5.56 Å². The lowest BCUT2D eigenvalue weighted by atomic mass is 10.1. The molecular formula is C15H14BrClN2O. The number of hydrogen-bond donors (Lipinski definition) is 2. The first kappa shape index (κ1) is 14.9. The zero-order valence-corrected chi connectivity index (χ0v) is 13.1. The van der Waals surface area contributed by atoms with Gasteiger partial charge in [-0.15, -0.1) is 12.4 Å². The van der Waals surface area contributed by atoms with Crippen LogP contribution in [0.4, 0.5) is 11.4 Å². The van der Waals surface area contributed by atoms with Crippen LogP contribution in [0, 0.1) is 0 Å². The summed E-state index contributed by atoms with van der Waals surface area (Å²) in [5, 5.41) is 6.23. The third-order valence-electron chi connectivity index (χ3n) is 3.19. The monoisotopic (exact) mass is 352 g/mol. The minimum absolute atomic E-state index is 0. The number of amides is 1. The van der Waals surface area contributed by atoms with E-state index in [4.69, 9.17) is 0 Å². The van der Waals surface area contributed by atoms with Crippen LogP contribution < -0.4 is 10.6 Å². The molecule has 1 amide bonds.